The first-order chi connectivity index (χ1) is 7.75. The monoisotopic (exact) mass is 219 g/mol. The van der Waals surface area contributed by atoms with Gasteiger partial charge in [0.2, 0.25) is 5.91 Å². The summed E-state index contributed by atoms with van der Waals surface area (Å²) >= 11 is 0. The second-order valence-electron chi connectivity index (χ2n) is 4.27. The Morgan fingerprint density at radius 1 is 1.25 bits per heavy atom. The van der Waals surface area contributed by atoms with E-state index in [9.17, 15) is 4.79 Å². The smallest absolute Gasteiger partial charge is 0.248 e. The van der Waals surface area contributed by atoms with Crippen LogP contribution in [0.3, 0.4) is 0 Å². The predicted octanol–water partition coefficient (Wildman–Crippen LogP) is 2.50. The van der Waals surface area contributed by atoms with Gasteiger partial charge in [-0.3, -0.25) is 4.79 Å². The topological polar surface area (TPSA) is 52.3 Å². The van der Waals surface area contributed by atoms with Crippen LogP contribution in [0.4, 0.5) is 0 Å². The molecular weight excluding hydrogens is 202 g/mol. The molecule has 0 atom stereocenters. The van der Waals surface area contributed by atoms with Gasteiger partial charge >= 0.3 is 0 Å². The lowest BCUT2D eigenvalue weighted by atomic mass is 9.98. The lowest BCUT2D eigenvalue weighted by Gasteiger charge is -2.23. The van der Waals surface area contributed by atoms with Gasteiger partial charge in [-0.05, 0) is 43.9 Å². The summed E-state index contributed by atoms with van der Waals surface area (Å²) in [6.07, 6.45) is 6.31. The highest BCUT2D eigenvalue weighted by molar-refractivity contribution is 5.93. The van der Waals surface area contributed by atoms with Crippen LogP contribution in [0.25, 0.3) is 0 Å². The van der Waals surface area contributed by atoms with Gasteiger partial charge in [-0.15, -0.1) is 0 Å². The maximum absolute atomic E-state index is 11.0. The van der Waals surface area contributed by atoms with E-state index >= 15 is 0 Å². The molecule has 16 heavy (non-hydrogen) atoms. The number of nitrogens with two attached hydrogens (primary N) is 1. The minimum absolute atomic E-state index is 0.303. The van der Waals surface area contributed by atoms with Crippen molar-refractivity contribution in [1.82, 2.24) is 0 Å². The lowest BCUT2D eigenvalue weighted by molar-refractivity contribution is 0.0999. The molecule has 3 heteroatoms. The molecule has 0 aromatic heterocycles. The van der Waals surface area contributed by atoms with Crippen molar-refractivity contribution in [2.75, 3.05) is 0 Å². The molecule has 0 unspecified atom stereocenters. The van der Waals surface area contributed by atoms with Crippen LogP contribution in [0, 0.1) is 0 Å². The van der Waals surface area contributed by atoms with Gasteiger partial charge in [-0.1, -0.05) is 12.5 Å². The van der Waals surface area contributed by atoms with Crippen LogP contribution in [0.2, 0.25) is 0 Å². The third-order valence-electron chi connectivity index (χ3n) is 2.97. The number of carbonyl (C=O) groups is 1. The highest BCUT2D eigenvalue weighted by Gasteiger charge is 2.15. The van der Waals surface area contributed by atoms with Crippen molar-refractivity contribution < 1.29 is 9.53 Å². The molecule has 1 aromatic rings. The van der Waals surface area contributed by atoms with E-state index in [-0.39, 0.29) is 0 Å². The Kier molecular flexibility index (Phi) is 3.44. The number of ether oxygens (including phenoxy) is 1. The SMILES string of the molecule is NC(=O)c1cccc(OC2CCCCC2)c1. The summed E-state index contributed by atoms with van der Waals surface area (Å²) in [4.78, 5) is 11.0. The zero-order valence-corrected chi connectivity index (χ0v) is 9.32. The van der Waals surface area contributed by atoms with Crippen LogP contribution >= 0.6 is 0 Å². The molecule has 3 nitrogen and oxygen atoms in total. The van der Waals surface area contributed by atoms with Crippen molar-refractivity contribution >= 4 is 5.91 Å². The molecule has 1 fully saturated rings. The Balaban J connectivity index is 2.02. The maximum atomic E-state index is 11.0. The van der Waals surface area contributed by atoms with Crippen LogP contribution < -0.4 is 10.5 Å². The van der Waals surface area contributed by atoms with Gasteiger partial charge in [-0.25, -0.2) is 0 Å². The molecule has 1 aliphatic rings. The summed E-state index contributed by atoms with van der Waals surface area (Å²) in [6.45, 7) is 0. The van der Waals surface area contributed by atoms with Crippen molar-refractivity contribution in [3.63, 3.8) is 0 Å². The molecule has 86 valence electrons. The van der Waals surface area contributed by atoms with E-state index < -0.39 is 5.91 Å². The van der Waals surface area contributed by atoms with Gasteiger partial charge in [0, 0.05) is 5.56 Å². The van der Waals surface area contributed by atoms with E-state index in [0.717, 1.165) is 18.6 Å². The highest BCUT2D eigenvalue weighted by Crippen LogP contribution is 2.23. The second-order valence-corrected chi connectivity index (χ2v) is 4.27. The first-order valence-electron chi connectivity index (χ1n) is 5.82. The molecule has 1 amide bonds. The molecule has 2 N–H and O–H groups in total. The van der Waals surface area contributed by atoms with Gasteiger partial charge < -0.3 is 10.5 Å². The van der Waals surface area contributed by atoms with Crippen LogP contribution in [0.15, 0.2) is 24.3 Å². The minimum atomic E-state index is -0.408. The zero-order valence-electron chi connectivity index (χ0n) is 9.32. The van der Waals surface area contributed by atoms with Crippen molar-refractivity contribution in [1.29, 1.82) is 0 Å². The summed E-state index contributed by atoms with van der Waals surface area (Å²) in [6, 6.07) is 7.10. The molecule has 0 bridgehead atoms. The average Bonchev–Trinajstić information content (AvgIpc) is 2.30. The molecule has 1 aliphatic carbocycles. The normalized spacial score (nSPS) is 17.0. The van der Waals surface area contributed by atoms with Crippen LogP contribution in [-0.2, 0) is 0 Å². The van der Waals surface area contributed by atoms with Crippen LogP contribution in [0.5, 0.6) is 5.75 Å². The van der Waals surface area contributed by atoms with Gasteiger partial charge in [-0.2, -0.15) is 0 Å². The maximum Gasteiger partial charge on any atom is 0.248 e. The third kappa shape index (κ3) is 2.75. The summed E-state index contributed by atoms with van der Waals surface area (Å²) < 4.78 is 5.84. The third-order valence-corrected chi connectivity index (χ3v) is 2.97. The van der Waals surface area contributed by atoms with E-state index in [2.05, 4.69) is 0 Å². The first kappa shape index (κ1) is 11.0. The largest absolute Gasteiger partial charge is 0.490 e. The Hall–Kier alpha value is -1.51. The van der Waals surface area contributed by atoms with Gasteiger partial charge in [0.25, 0.3) is 0 Å². The minimum Gasteiger partial charge on any atom is -0.490 e. The van der Waals surface area contributed by atoms with Gasteiger partial charge in [0.05, 0.1) is 6.10 Å². The second kappa shape index (κ2) is 5.01. The molecule has 0 saturated heterocycles. The fourth-order valence-corrected chi connectivity index (χ4v) is 2.10. The molecule has 2 rings (SSSR count). The average molecular weight is 219 g/mol. The van der Waals surface area contributed by atoms with Crippen molar-refractivity contribution in [2.24, 2.45) is 5.73 Å². The van der Waals surface area contributed by atoms with E-state index in [4.69, 9.17) is 10.5 Å². The number of amides is 1. The van der Waals surface area contributed by atoms with Crippen molar-refractivity contribution in [3.8, 4) is 5.75 Å². The first-order valence-corrected chi connectivity index (χ1v) is 5.82. The summed E-state index contributed by atoms with van der Waals surface area (Å²) in [7, 11) is 0. The van der Waals surface area contributed by atoms with Crippen molar-refractivity contribution in [3.05, 3.63) is 29.8 Å². The summed E-state index contributed by atoms with van der Waals surface area (Å²) in [5, 5.41) is 0. The molecule has 0 radical (unpaired) electrons. The van der Waals surface area contributed by atoms with E-state index in [0.29, 0.717) is 11.7 Å². The van der Waals surface area contributed by atoms with Gasteiger partial charge in [0.1, 0.15) is 5.75 Å². The highest BCUT2D eigenvalue weighted by atomic mass is 16.5. The van der Waals surface area contributed by atoms with E-state index in [1.807, 2.05) is 6.07 Å². The molecular formula is C13H17NO2. The number of rotatable bonds is 3. The summed E-state index contributed by atoms with van der Waals surface area (Å²) in [5.41, 5.74) is 5.73. The molecule has 1 aromatic carbocycles. The number of hydrogen-bond donors (Lipinski definition) is 1. The number of benzene rings is 1. The number of hydrogen-bond acceptors (Lipinski definition) is 2. The molecule has 0 heterocycles. The predicted molar refractivity (Wildman–Crippen MR) is 62.5 cm³/mol. The fourth-order valence-electron chi connectivity index (χ4n) is 2.10. The standard InChI is InChI=1S/C13H17NO2/c14-13(15)10-5-4-8-12(9-10)16-11-6-2-1-3-7-11/h4-5,8-9,11H,1-3,6-7H2,(H2,14,15). The van der Waals surface area contributed by atoms with E-state index in [1.54, 1.807) is 18.2 Å². The Bertz CT molecular complexity index is 370. The van der Waals surface area contributed by atoms with Gasteiger partial charge in [0.15, 0.2) is 0 Å². The number of carbonyl (C=O) groups excluding carboxylic acids is 1. The summed E-state index contributed by atoms with van der Waals surface area (Å²) in [5.74, 6) is 0.345. The molecule has 1 saturated carbocycles. The fraction of sp³-hybridized carbons (Fsp3) is 0.462. The molecule has 0 spiro atoms. The van der Waals surface area contributed by atoms with Crippen LogP contribution in [-0.4, -0.2) is 12.0 Å². The van der Waals surface area contributed by atoms with Crippen molar-refractivity contribution in [2.45, 2.75) is 38.2 Å². The Labute approximate surface area is 95.6 Å². The quantitative estimate of drug-likeness (QED) is 0.849. The zero-order chi connectivity index (χ0) is 11.4. The molecule has 0 aliphatic heterocycles. The van der Waals surface area contributed by atoms with E-state index in [1.165, 1.54) is 19.3 Å². The Morgan fingerprint density at radius 2 is 2.00 bits per heavy atom. The number of primary amides is 1. The lowest BCUT2D eigenvalue weighted by Crippen LogP contribution is -2.20. The van der Waals surface area contributed by atoms with Crippen LogP contribution in [0.1, 0.15) is 42.5 Å². The Morgan fingerprint density at radius 3 is 2.69 bits per heavy atom.